The number of aliphatic imine (C=N–C) groups is 1. The van der Waals surface area contributed by atoms with Crippen LogP contribution in [0, 0.1) is 6.92 Å². The van der Waals surface area contributed by atoms with Gasteiger partial charge in [0, 0.05) is 23.5 Å². The van der Waals surface area contributed by atoms with Crippen LogP contribution in [0.2, 0.25) is 0 Å². The Kier molecular flexibility index (Phi) is 6.96. The van der Waals surface area contributed by atoms with Crippen molar-refractivity contribution in [2.24, 2.45) is 16.5 Å². The molecule has 0 aliphatic heterocycles. The number of anilines is 1. The van der Waals surface area contributed by atoms with Crippen LogP contribution in [0.15, 0.2) is 53.8 Å². The lowest BCUT2D eigenvalue weighted by molar-refractivity contribution is 0.0600. The standard InChI is InChI=1S/C22H22N6O3S/c1-12-4-3-7-26-19(12)14-8-16(20(24)28-22(25)32)18(23)17(9-14)31-11-15-6-5-13(10-27-15)21(29)30-2/h3-10H,11,23H2,1-2H3,(H4,24,25,28,32). The van der Waals surface area contributed by atoms with Crippen molar-refractivity contribution in [3.05, 3.63) is 71.2 Å². The lowest BCUT2D eigenvalue weighted by Crippen LogP contribution is -2.20. The van der Waals surface area contributed by atoms with Crippen molar-refractivity contribution in [2.45, 2.75) is 13.5 Å². The van der Waals surface area contributed by atoms with E-state index in [2.05, 4.69) is 19.7 Å². The number of benzene rings is 1. The van der Waals surface area contributed by atoms with Crippen LogP contribution in [0.3, 0.4) is 0 Å². The van der Waals surface area contributed by atoms with Gasteiger partial charge in [0.1, 0.15) is 18.2 Å². The van der Waals surface area contributed by atoms with Gasteiger partial charge >= 0.3 is 5.97 Å². The molecule has 0 aliphatic carbocycles. The average Bonchev–Trinajstić information content (AvgIpc) is 2.78. The van der Waals surface area contributed by atoms with Gasteiger partial charge in [-0.05, 0) is 55.0 Å². The van der Waals surface area contributed by atoms with E-state index in [1.54, 1.807) is 30.5 Å². The number of nitrogens with zero attached hydrogens (tertiary/aromatic N) is 3. The van der Waals surface area contributed by atoms with Gasteiger partial charge in [-0.15, -0.1) is 0 Å². The van der Waals surface area contributed by atoms with E-state index >= 15 is 0 Å². The number of ether oxygens (including phenoxy) is 2. The van der Waals surface area contributed by atoms with Gasteiger partial charge in [-0.1, -0.05) is 6.07 Å². The summed E-state index contributed by atoms with van der Waals surface area (Å²) in [7, 11) is 1.31. The Morgan fingerprint density at radius 1 is 1.19 bits per heavy atom. The fourth-order valence-corrected chi connectivity index (χ4v) is 3.06. The fraction of sp³-hybridized carbons (Fsp3) is 0.136. The number of nitrogens with two attached hydrogens (primary N) is 3. The number of aromatic nitrogens is 2. The maximum atomic E-state index is 11.6. The van der Waals surface area contributed by atoms with Crippen LogP contribution in [0.5, 0.6) is 5.75 Å². The zero-order chi connectivity index (χ0) is 23.3. The van der Waals surface area contributed by atoms with Gasteiger partial charge in [0.2, 0.25) is 0 Å². The van der Waals surface area contributed by atoms with Crippen molar-refractivity contribution in [2.75, 3.05) is 12.8 Å². The van der Waals surface area contributed by atoms with Crippen molar-refractivity contribution >= 4 is 34.8 Å². The van der Waals surface area contributed by atoms with E-state index in [-0.39, 0.29) is 23.2 Å². The first kappa shape index (κ1) is 22.6. The normalized spacial score (nSPS) is 11.1. The number of thiocarbonyl (C=S) groups is 1. The van der Waals surface area contributed by atoms with Gasteiger partial charge in [0.05, 0.1) is 29.7 Å². The number of aryl methyl sites for hydroxylation is 1. The van der Waals surface area contributed by atoms with E-state index in [0.29, 0.717) is 22.6 Å². The first-order chi connectivity index (χ1) is 15.3. The molecule has 6 N–H and O–H groups in total. The molecule has 0 saturated carbocycles. The van der Waals surface area contributed by atoms with E-state index in [4.69, 9.17) is 34.2 Å². The smallest absolute Gasteiger partial charge is 0.339 e. The van der Waals surface area contributed by atoms with Crippen LogP contribution < -0.4 is 21.9 Å². The van der Waals surface area contributed by atoms with Gasteiger partial charge in [0.25, 0.3) is 0 Å². The van der Waals surface area contributed by atoms with Crippen LogP contribution in [-0.4, -0.2) is 34.0 Å². The summed E-state index contributed by atoms with van der Waals surface area (Å²) in [6.07, 6.45) is 3.11. The number of hydrogen-bond acceptors (Lipinski definition) is 7. The van der Waals surface area contributed by atoms with Gasteiger partial charge in [-0.25, -0.2) is 9.79 Å². The molecule has 3 rings (SSSR count). The molecule has 2 aromatic heterocycles. The first-order valence-electron chi connectivity index (χ1n) is 9.45. The number of amidine groups is 1. The van der Waals surface area contributed by atoms with E-state index in [1.165, 1.54) is 13.3 Å². The van der Waals surface area contributed by atoms with Crippen LogP contribution in [-0.2, 0) is 11.3 Å². The van der Waals surface area contributed by atoms with E-state index in [1.807, 2.05) is 19.1 Å². The van der Waals surface area contributed by atoms with E-state index in [9.17, 15) is 4.79 Å². The predicted molar refractivity (Wildman–Crippen MR) is 126 cm³/mol. The molecule has 0 atom stereocenters. The van der Waals surface area contributed by atoms with Crippen molar-refractivity contribution in [1.82, 2.24) is 9.97 Å². The highest BCUT2D eigenvalue weighted by atomic mass is 32.1. The summed E-state index contributed by atoms with van der Waals surface area (Å²) in [6.45, 7) is 2.04. The van der Waals surface area contributed by atoms with Crippen molar-refractivity contribution in [3.63, 3.8) is 0 Å². The second-order valence-electron chi connectivity index (χ2n) is 6.76. The maximum Gasteiger partial charge on any atom is 0.339 e. The SMILES string of the molecule is COC(=O)c1ccc(COc2cc(-c3ncccc3C)cc(/C(N)=N/C(N)=S)c2N)nc1. The molecule has 0 aliphatic rings. The van der Waals surface area contributed by atoms with Gasteiger partial charge in [0.15, 0.2) is 5.11 Å². The lowest BCUT2D eigenvalue weighted by atomic mass is 10.0. The number of pyridine rings is 2. The minimum atomic E-state index is -0.468. The minimum absolute atomic E-state index is 0.0656. The minimum Gasteiger partial charge on any atom is -0.485 e. The molecule has 0 unspecified atom stereocenters. The third-order valence-corrected chi connectivity index (χ3v) is 4.64. The summed E-state index contributed by atoms with van der Waals surface area (Å²) in [5.41, 5.74) is 22.0. The molecular formula is C22H22N6O3S. The number of rotatable bonds is 6. The van der Waals surface area contributed by atoms with Crippen LogP contribution in [0.4, 0.5) is 5.69 Å². The Bertz CT molecular complexity index is 1190. The summed E-state index contributed by atoms with van der Waals surface area (Å²) in [6, 6.07) is 10.6. The third kappa shape index (κ3) is 5.16. The molecule has 0 bridgehead atoms. The number of hydrogen-bond donors (Lipinski definition) is 3. The summed E-state index contributed by atoms with van der Waals surface area (Å²) in [4.78, 5) is 24.2. The number of carbonyl (C=O) groups excluding carboxylic acids is 1. The Morgan fingerprint density at radius 3 is 2.59 bits per heavy atom. The quantitative estimate of drug-likeness (QED) is 0.169. The summed E-state index contributed by atoms with van der Waals surface area (Å²) in [5.74, 6) is -0.0387. The largest absolute Gasteiger partial charge is 0.485 e. The van der Waals surface area contributed by atoms with Crippen molar-refractivity contribution in [3.8, 4) is 17.0 Å². The maximum absolute atomic E-state index is 11.6. The van der Waals surface area contributed by atoms with Crippen LogP contribution >= 0.6 is 12.2 Å². The fourth-order valence-electron chi connectivity index (χ4n) is 2.96. The number of nitrogen functional groups attached to an aromatic ring is 1. The molecule has 10 heteroatoms. The first-order valence-corrected chi connectivity index (χ1v) is 9.86. The average molecular weight is 451 g/mol. The van der Waals surface area contributed by atoms with Gasteiger partial charge < -0.3 is 26.7 Å². The van der Waals surface area contributed by atoms with Gasteiger partial charge in [-0.3, -0.25) is 9.97 Å². The predicted octanol–water partition coefficient (Wildman–Crippen LogP) is 2.35. The molecule has 0 spiro atoms. The zero-order valence-electron chi connectivity index (χ0n) is 17.5. The Labute approximate surface area is 190 Å². The van der Waals surface area contributed by atoms with E-state index < -0.39 is 5.97 Å². The number of carbonyl (C=O) groups is 1. The third-order valence-electron chi connectivity index (χ3n) is 4.55. The number of esters is 1. The Hall–Kier alpha value is -4.05. The molecule has 1 aromatic carbocycles. The highest BCUT2D eigenvalue weighted by Crippen LogP contribution is 2.33. The summed E-state index contributed by atoms with van der Waals surface area (Å²) in [5, 5.41) is -0.112. The summed E-state index contributed by atoms with van der Waals surface area (Å²) < 4.78 is 10.6. The lowest BCUT2D eigenvalue weighted by Gasteiger charge is -2.15. The molecule has 3 aromatic rings. The second kappa shape index (κ2) is 9.84. The van der Waals surface area contributed by atoms with E-state index in [0.717, 1.165) is 16.8 Å². The van der Waals surface area contributed by atoms with Crippen molar-refractivity contribution < 1.29 is 14.3 Å². The molecule has 0 radical (unpaired) electrons. The zero-order valence-corrected chi connectivity index (χ0v) is 18.3. The molecule has 2 heterocycles. The molecule has 0 amide bonds. The molecule has 0 saturated heterocycles. The second-order valence-corrected chi connectivity index (χ2v) is 7.18. The molecule has 0 fully saturated rings. The van der Waals surface area contributed by atoms with Gasteiger partial charge in [-0.2, -0.15) is 0 Å². The molecule has 32 heavy (non-hydrogen) atoms. The highest BCUT2D eigenvalue weighted by molar-refractivity contribution is 7.80. The highest BCUT2D eigenvalue weighted by Gasteiger charge is 2.16. The summed E-state index contributed by atoms with van der Waals surface area (Å²) >= 11 is 4.83. The topological polar surface area (TPSA) is 152 Å². The molecular weight excluding hydrogens is 428 g/mol. The number of methoxy groups -OCH3 is 1. The Morgan fingerprint density at radius 2 is 1.97 bits per heavy atom. The monoisotopic (exact) mass is 450 g/mol. The molecule has 9 nitrogen and oxygen atoms in total. The van der Waals surface area contributed by atoms with Crippen LogP contribution in [0.25, 0.3) is 11.3 Å². The van der Waals surface area contributed by atoms with Crippen LogP contribution in [0.1, 0.15) is 27.2 Å². The Balaban J connectivity index is 1.98. The van der Waals surface area contributed by atoms with Crippen molar-refractivity contribution in [1.29, 1.82) is 0 Å². The molecule has 164 valence electrons.